The number of carbonyl (C=O) groups excluding carboxylic acids is 3. The molecule has 0 saturated heterocycles. The zero-order chi connectivity index (χ0) is 19.1. The van der Waals surface area contributed by atoms with Gasteiger partial charge in [-0.1, -0.05) is 37.3 Å². The molecule has 1 heterocycles. The standard InChI is InChI=1S/C19H23N3O3S/c1-4-16-12(2)10-17(26-16)19(25)22-21-18(24)11-15(20-13(3)23)14-8-6-5-7-9-14/h5-10,15H,4,11H2,1-3H3,(H,20,23)(H,21,24)(H,22,25)/t15-/m1/s1. The third-order valence-electron chi connectivity index (χ3n) is 3.85. The van der Waals surface area contributed by atoms with Crippen LogP contribution < -0.4 is 16.2 Å². The van der Waals surface area contributed by atoms with E-state index in [4.69, 9.17) is 0 Å². The molecule has 0 fully saturated rings. The number of rotatable bonds is 6. The van der Waals surface area contributed by atoms with E-state index >= 15 is 0 Å². The zero-order valence-corrected chi connectivity index (χ0v) is 15.9. The number of amides is 3. The molecule has 1 aromatic heterocycles. The molecule has 6 nitrogen and oxygen atoms in total. The van der Waals surface area contributed by atoms with Crippen LogP contribution >= 0.6 is 11.3 Å². The van der Waals surface area contributed by atoms with Crippen molar-refractivity contribution in [2.24, 2.45) is 0 Å². The summed E-state index contributed by atoms with van der Waals surface area (Å²) in [5, 5.41) is 2.75. The molecule has 26 heavy (non-hydrogen) atoms. The summed E-state index contributed by atoms with van der Waals surface area (Å²) in [4.78, 5) is 37.5. The molecule has 7 heteroatoms. The number of thiophene rings is 1. The number of carbonyl (C=O) groups is 3. The average Bonchev–Trinajstić information content (AvgIpc) is 3.00. The van der Waals surface area contributed by atoms with Gasteiger partial charge in [-0.05, 0) is 30.5 Å². The Balaban J connectivity index is 1.95. The van der Waals surface area contributed by atoms with Crippen LogP contribution in [0.4, 0.5) is 0 Å². The molecule has 0 aliphatic carbocycles. The van der Waals surface area contributed by atoms with Crippen molar-refractivity contribution in [2.75, 3.05) is 0 Å². The lowest BCUT2D eigenvalue weighted by Gasteiger charge is -2.18. The molecule has 3 amide bonds. The number of benzene rings is 1. The number of hydrazine groups is 1. The van der Waals surface area contributed by atoms with Crippen LogP contribution in [0, 0.1) is 6.92 Å². The molecular formula is C19H23N3O3S. The van der Waals surface area contributed by atoms with Gasteiger partial charge in [0.1, 0.15) is 0 Å². The normalized spacial score (nSPS) is 11.5. The summed E-state index contributed by atoms with van der Waals surface area (Å²) in [6, 6.07) is 10.6. The summed E-state index contributed by atoms with van der Waals surface area (Å²) in [7, 11) is 0. The van der Waals surface area contributed by atoms with Gasteiger partial charge in [-0.15, -0.1) is 11.3 Å². The molecule has 1 aromatic carbocycles. The van der Waals surface area contributed by atoms with Crippen LogP contribution in [0.25, 0.3) is 0 Å². The third kappa shape index (κ3) is 5.42. The van der Waals surface area contributed by atoms with E-state index in [0.29, 0.717) is 4.88 Å². The lowest BCUT2D eigenvalue weighted by atomic mass is 10.0. The largest absolute Gasteiger partial charge is 0.349 e. The summed E-state index contributed by atoms with van der Waals surface area (Å²) < 4.78 is 0. The Hall–Kier alpha value is -2.67. The summed E-state index contributed by atoms with van der Waals surface area (Å²) in [5.74, 6) is -0.955. The highest BCUT2D eigenvalue weighted by Crippen LogP contribution is 2.22. The monoisotopic (exact) mass is 373 g/mol. The SMILES string of the molecule is CCc1sc(C(=O)NNC(=O)C[C@@H](NC(C)=O)c2ccccc2)cc1C. The maximum atomic E-state index is 12.2. The zero-order valence-electron chi connectivity index (χ0n) is 15.1. The summed E-state index contributed by atoms with van der Waals surface area (Å²) in [6.45, 7) is 5.40. The van der Waals surface area contributed by atoms with Gasteiger partial charge in [0.05, 0.1) is 17.3 Å². The van der Waals surface area contributed by atoms with Crippen LogP contribution in [-0.2, 0) is 16.0 Å². The number of hydrogen-bond donors (Lipinski definition) is 3. The van der Waals surface area contributed by atoms with Crippen LogP contribution in [-0.4, -0.2) is 17.7 Å². The highest BCUT2D eigenvalue weighted by molar-refractivity contribution is 7.14. The van der Waals surface area contributed by atoms with E-state index in [0.717, 1.165) is 22.4 Å². The minimum absolute atomic E-state index is 0.0214. The maximum Gasteiger partial charge on any atom is 0.279 e. The van der Waals surface area contributed by atoms with Crippen molar-refractivity contribution < 1.29 is 14.4 Å². The number of hydrogen-bond acceptors (Lipinski definition) is 4. The Kier molecular flexibility index (Phi) is 6.91. The fraction of sp³-hybridized carbons (Fsp3) is 0.316. The van der Waals surface area contributed by atoms with Crippen LogP contribution in [0.15, 0.2) is 36.4 Å². The molecule has 0 aliphatic heterocycles. The van der Waals surface area contributed by atoms with Crippen LogP contribution in [0.3, 0.4) is 0 Å². The summed E-state index contributed by atoms with van der Waals surface area (Å²) >= 11 is 1.42. The predicted molar refractivity (Wildman–Crippen MR) is 102 cm³/mol. The summed E-state index contributed by atoms with van der Waals surface area (Å²) in [6.07, 6.45) is 0.888. The van der Waals surface area contributed by atoms with Gasteiger partial charge in [0.15, 0.2) is 0 Å². The van der Waals surface area contributed by atoms with Crippen LogP contribution in [0.2, 0.25) is 0 Å². The molecule has 138 valence electrons. The van der Waals surface area contributed by atoms with E-state index in [-0.39, 0.29) is 24.1 Å². The number of nitrogens with one attached hydrogen (secondary N) is 3. The molecular weight excluding hydrogens is 350 g/mol. The van der Waals surface area contributed by atoms with E-state index < -0.39 is 6.04 Å². The molecule has 2 aromatic rings. The van der Waals surface area contributed by atoms with Gasteiger partial charge < -0.3 is 5.32 Å². The molecule has 2 rings (SSSR count). The quantitative estimate of drug-likeness (QED) is 0.680. The lowest BCUT2D eigenvalue weighted by Crippen LogP contribution is -2.43. The molecule has 0 spiro atoms. The molecule has 0 unspecified atom stereocenters. The molecule has 0 radical (unpaired) electrons. The first kappa shape index (κ1) is 19.7. The smallest absolute Gasteiger partial charge is 0.279 e. The maximum absolute atomic E-state index is 12.2. The minimum atomic E-state index is -0.457. The Bertz CT molecular complexity index is 787. The van der Waals surface area contributed by atoms with Crippen molar-refractivity contribution in [1.29, 1.82) is 0 Å². The fourth-order valence-corrected chi connectivity index (χ4v) is 3.60. The summed E-state index contributed by atoms with van der Waals surface area (Å²) in [5.41, 5.74) is 6.75. The molecule has 1 atom stereocenters. The van der Waals surface area contributed by atoms with Crippen molar-refractivity contribution in [3.05, 3.63) is 57.3 Å². The van der Waals surface area contributed by atoms with Crippen molar-refractivity contribution in [2.45, 2.75) is 39.7 Å². The Labute approximate surface area is 157 Å². The van der Waals surface area contributed by atoms with Crippen molar-refractivity contribution in [1.82, 2.24) is 16.2 Å². The Morgan fingerprint density at radius 3 is 2.38 bits per heavy atom. The van der Waals surface area contributed by atoms with Gasteiger partial charge in [0.2, 0.25) is 11.8 Å². The highest BCUT2D eigenvalue weighted by Gasteiger charge is 2.18. The highest BCUT2D eigenvalue weighted by atomic mass is 32.1. The van der Waals surface area contributed by atoms with Crippen LogP contribution in [0.1, 0.15) is 52.0 Å². The van der Waals surface area contributed by atoms with Gasteiger partial charge >= 0.3 is 0 Å². The topological polar surface area (TPSA) is 87.3 Å². The van der Waals surface area contributed by atoms with Crippen LogP contribution in [0.5, 0.6) is 0 Å². The second-order valence-corrected chi connectivity index (χ2v) is 7.08. The first-order valence-corrected chi connectivity index (χ1v) is 9.22. The fourth-order valence-electron chi connectivity index (χ4n) is 2.59. The van der Waals surface area contributed by atoms with E-state index in [1.54, 1.807) is 0 Å². The molecule has 0 aliphatic rings. The van der Waals surface area contributed by atoms with Gasteiger partial charge in [-0.25, -0.2) is 0 Å². The van der Waals surface area contributed by atoms with E-state index in [1.165, 1.54) is 18.3 Å². The van der Waals surface area contributed by atoms with E-state index in [2.05, 4.69) is 16.2 Å². The van der Waals surface area contributed by atoms with E-state index in [9.17, 15) is 14.4 Å². The number of aryl methyl sites for hydroxylation is 2. The molecule has 3 N–H and O–H groups in total. The second-order valence-electron chi connectivity index (χ2n) is 5.94. The van der Waals surface area contributed by atoms with Gasteiger partial charge in [0, 0.05) is 11.8 Å². The lowest BCUT2D eigenvalue weighted by molar-refractivity contribution is -0.123. The van der Waals surface area contributed by atoms with Crippen molar-refractivity contribution >= 4 is 29.1 Å². The van der Waals surface area contributed by atoms with Crippen molar-refractivity contribution in [3.8, 4) is 0 Å². The van der Waals surface area contributed by atoms with Gasteiger partial charge in [-0.2, -0.15) is 0 Å². The van der Waals surface area contributed by atoms with E-state index in [1.807, 2.05) is 50.2 Å². The average molecular weight is 373 g/mol. The Morgan fingerprint density at radius 2 is 1.81 bits per heavy atom. The first-order valence-electron chi connectivity index (χ1n) is 8.41. The third-order valence-corrected chi connectivity index (χ3v) is 5.23. The predicted octanol–water partition coefficient (Wildman–Crippen LogP) is 2.65. The van der Waals surface area contributed by atoms with Gasteiger partial charge in [-0.3, -0.25) is 25.2 Å². The van der Waals surface area contributed by atoms with Crippen molar-refractivity contribution in [3.63, 3.8) is 0 Å². The first-order chi connectivity index (χ1) is 12.4. The Morgan fingerprint density at radius 1 is 1.12 bits per heavy atom. The molecule has 0 bridgehead atoms. The second kappa shape index (κ2) is 9.15. The minimum Gasteiger partial charge on any atom is -0.349 e. The molecule has 0 saturated carbocycles. The van der Waals surface area contributed by atoms with Gasteiger partial charge in [0.25, 0.3) is 5.91 Å².